The Morgan fingerprint density at radius 2 is 1.71 bits per heavy atom. The van der Waals surface area contributed by atoms with Gasteiger partial charge in [-0.1, -0.05) is 37.1 Å². The van der Waals surface area contributed by atoms with Gasteiger partial charge in [-0.05, 0) is 66.9 Å². The maximum atomic E-state index is 13.8. The van der Waals surface area contributed by atoms with Crippen LogP contribution in [0.2, 0.25) is 0 Å². The molecule has 0 aliphatic heterocycles. The van der Waals surface area contributed by atoms with Gasteiger partial charge in [-0.3, -0.25) is 9.59 Å². The summed E-state index contributed by atoms with van der Waals surface area (Å²) >= 11 is 0. The molecule has 2 amide bonds. The average molecular weight is 476 g/mol. The average Bonchev–Trinajstić information content (AvgIpc) is 2.88. The molecule has 1 saturated carbocycles. The number of methoxy groups -OCH3 is 1. The van der Waals surface area contributed by atoms with E-state index in [2.05, 4.69) is 5.32 Å². The number of benzene rings is 3. The minimum absolute atomic E-state index is 0.119. The molecule has 182 valence electrons. The van der Waals surface area contributed by atoms with Crippen LogP contribution in [0.3, 0.4) is 0 Å². The van der Waals surface area contributed by atoms with Crippen molar-refractivity contribution >= 4 is 17.5 Å². The molecule has 1 fully saturated rings. The molecule has 0 saturated heterocycles. The lowest BCUT2D eigenvalue weighted by molar-refractivity contribution is 0.0583. The molecule has 3 aromatic rings. The lowest BCUT2D eigenvalue weighted by Gasteiger charge is -2.38. The minimum Gasteiger partial charge on any atom is -0.497 e. The minimum atomic E-state index is -0.445. The lowest BCUT2D eigenvalue weighted by Crippen LogP contribution is -2.51. The summed E-state index contributed by atoms with van der Waals surface area (Å²) in [4.78, 5) is 27.8. The van der Waals surface area contributed by atoms with Gasteiger partial charge in [-0.15, -0.1) is 0 Å². The van der Waals surface area contributed by atoms with Gasteiger partial charge >= 0.3 is 0 Å². The van der Waals surface area contributed by atoms with Crippen molar-refractivity contribution < 1.29 is 18.7 Å². The van der Waals surface area contributed by atoms with Gasteiger partial charge in [0.15, 0.2) is 0 Å². The highest BCUT2D eigenvalue weighted by molar-refractivity contribution is 6.04. The van der Waals surface area contributed by atoms with Crippen molar-refractivity contribution in [2.75, 3.05) is 12.4 Å². The molecule has 0 radical (unpaired) electrons. The van der Waals surface area contributed by atoms with Crippen molar-refractivity contribution in [3.63, 3.8) is 0 Å². The van der Waals surface area contributed by atoms with Crippen LogP contribution in [0.15, 0.2) is 72.8 Å². The molecule has 6 nitrogen and oxygen atoms in total. The van der Waals surface area contributed by atoms with E-state index in [1.807, 2.05) is 12.1 Å². The summed E-state index contributed by atoms with van der Waals surface area (Å²) in [6, 6.07) is 19.8. The SMILES string of the molecule is COc1cccc(C(=O)Nc2ccc(CN(C(=O)c3cccc(F)c3)C3CCCCC3N)cc2)c1. The molecule has 2 unspecified atom stereocenters. The lowest BCUT2D eigenvalue weighted by atomic mass is 9.89. The van der Waals surface area contributed by atoms with Crippen molar-refractivity contribution in [2.24, 2.45) is 5.73 Å². The van der Waals surface area contributed by atoms with E-state index in [4.69, 9.17) is 10.5 Å². The van der Waals surface area contributed by atoms with Crippen LogP contribution >= 0.6 is 0 Å². The van der Waals surface area contributed by atoms with Gasteiger partial charge in [0.25, 0.3) is 11.8 Å². The van der Waals surface area contributed by atoms with E-state index in [-0.39, 0.29) is 23.9 Å². The van der Waals surface area contributed by atoms with Gasteiger partial charge in [0.05, 0.1) is 7.11 Å². The van der Waals surface area contributed by atoms with E-state index in [9.17, 15) is 14.0 Å². The first kappa shape index (κ1) is 24.4. The van der Waals surface area contributed by atoms with Gasteiger partial charge in [-0.25, -0.2) is 4.39 Å². The topological polar surface area (TPSA) is 84.7 Å². The molecular weight excluding hydrogens is 445 g/mol. The number of nitrogens with one attached hydrogen (secondary N) is 1. The van der Waals surface area contributed by atoms with Crippen molar-refractivity contribution in [1.82, 2.24) is 4.90 Å². The quantitative estimate of drug-likeness (QED) is 0.504. The molecule has 1 aliphatic rings. The number of rotatable bonds is 7. The van der Waals surface area contributed by atoms with E-state index in [0.29, 0.717) is 29.1 Å². The third kappa shape index (κ3) is 6.05. The molecule has 3 N–H and O–H groups in total. The molecule has 0 spiro atoms. The maximum absolute atomic E-state index is 13.8. The van der Waals surface area contributed by atoms with Crippen LogP contribution in [0.4, 0.5) is 10.1 Å². The van der Waals surface area contributed by atoms with Gasteiger partial charge in [0, 0.05) is 35.4 Å². The van der Waals surface area contributed by atoms with Crippen molar-refractivity contribution in [1.29, 1.82) is 0 Å². The number of carbonyl (C=O) groups is 2. The Morgan fingerprint density at radius 1 is 1.00 bits per heavy atom. The summed E-state index contributed by atoms with van der Waals surface area (Å²) < 4.78 is 19.0. The van der Waals surface area contributed by atoms with Gasteiger partial charge in [0.2, 0.25) is 0 Å². The number of hydrogen-bond acceptors (Lipinski definition) is 4. The highest BCUT2D eigenvalue weighted by Gasteiger charge is 2.31. The van der Waals surface area contributed by atoms with E-state index in [1.165, 1.54) is 12.1 Å². The Morgan fingerprint density at radius 3 is 2.43 bits per heavy atom. The number of ether oxygens (including phenoxy) is 1. The molecule has 0 bridgehead atoms. The van der Waals surface area contributed by atoms with Crippen molar-refractivity contribution in [3.8, 4) is 5.75 Å². The molecular formula is C28H30FN3O3. The normalized spacial score (nSPS) is 17.5. The second-order valence-corrected chi connectivity index (χ2v) is 8.84. The Kier molecular flexibility index (Phi) is 7.77. The molecule has 0 aromatic heterocycles. The van der Waals surface area contributed by atoms with Crippen LogP contribution < -0.4 is 15.8 Å². The van der Waals surface area contributed by atoms with E-state index < -0.39 is 5.82 Å². The summed E-state index contributed by atoms with van der Waals surface area (Å²) in [6.45, 7) is 0.345. The first-order valence-corrected chi connectivity index (χ1v) is 11.8. The van der Waals surface area contributed by atoms with E-state index in [0.717, 1.165) is 31.2 Å². The Balaban J connectivity index is 1.50. The number of hydrogen-bond donors (Lipinski definition) is 2. The largest absolute Gasteiger partial charge is 0.497 e. The molecule has 1 aliphatic carbocycles. The number of nitrogens with zero attached hydrogens (tertiary/aromatic N) is 1. The van der Waals surface area contributed by atoms with Gasteiger partial charge < -0.3 is 20.7 Å². The highest BCUT2D eigenvalue weighted by Crippen LogP contribution is 2.26. The molecule has 2 atom stereocenters. The number of anilines is 1. The summed E-state index contributed by atoms with van der Waals surface area (Å²) in [5, 5.41) is 2.88. The fraction of sp³-hybridized carbons (Fsp3) is 0.286. The van der Waals surface area contributed by atoms with Crippen LogP contribution in [0.5, 0.6) is 5.75 Å². The van der Waals surface area contributed by atoms with Crippen molar-refractivity contribution in [2.45, 2.75) is 44.3 Å². The highest BCUT2D eigenvalue weighted by atomic mass is 19.1. The first-order valence-electron chi connectivity index (χ1n) is 11.8. The molecule has 35 heavy (non-hydrogen) atoms. The Hall–Kier alpha value is -3.71. The Bertz CT molecular complexity index is 1180. The summed E-state index contributed by atoms with van der Waals surface area (Å²) in [5.74, 6) is -0.313. The fourth-order valence-corrected chi connectivity index (χ4v) is 4.51. The summed E-state index contributed by atoms with van der Waals surface area (Å²) in [6.07, 6.45) is 3.71. The predicted octanol–water partition coefficient (Wildman–Crippen LogP) is 5.00. The standard InChI is InChI=1S/C28H30FN3O3/c1-35-24-9-5-6-20(17-24)27(33)31-23-14-12-19(13-15-23)18-32(26-11-3-2-10-25(26)30)28(34)21-7-4-8-22(29)16-21/h4-9,12-17,25-26H,2-3,10-11,18,30H2,1H3,(H,31,33). The van der Waals surface area contributed by atoms with Crippen LogP contribution in [0.25, 0.3) is 0 Å². The summed E-state index contributed by atoms with van der Waals surface area (Å²) in [5.41, 5.74) is 8.75. The number of halogens is 1. The molecule has 4 rings (SSSR count). The summed E-state index contributed by atoms with van der Waals surface area (Å²) in [7, 11) is 1.55. The number of nitrogens with two attached hydrogens (primary N) is 1. The van der Waals surface area contributed by atoms with Crippen LogP contribution in [0.1, 0.15) is 52.0 Å². The third-order valence-electron chi connectivity index (χ3n) is 6.41. The number of amides is 2. The molecule has 3 aromatic carbocycles. The Labute approximate surface area is 204 Å². The number of carbonyl (C=O) groups excluding carboxylic acids is 2. The smallest absolute Gasteiger partial charge is 0.255 e. The van der Waals surface area contributed by atoms with Gasteiger partial charge in [-0.2, -0.15) is 0 Å². The van der Waals surface area contributed by atoms with Gasteiger partial charge in [0.1, 0.15) is 11.6 Å². The van der Waals surface area contributed by atoms with E-state index >= 15 is 0 Å². The second-order valence-electron chi connectivity index (χ2n) is 8.84. The predicted molar refractivity (Wildman–Crippen MR) is 134 cm³/mol. The molecule has 7 heteroatoms. The van der Waals surface area contributed by atoms with Crippen LogP contribution in [-0.2, 0) is 6.54 Å². The van der Waals surface area contributed by atoms with E-state index in [1.54, 1.807) is 60.5 Å². The third-order valence-corrected chi connectivity index (χ3v) is 6.41. The fourth-order valence-electron chi connectivity index (χ4n) is 4.51. The van der Waals surface area contributed by atoms with Crippen LogP contribution in [-0.4, -0.2) is 35.9 Å². The second kappa shape index (κ2) is 11.1. The maximum Gasteiger partial charge on any atom is 0.255 e. The van der Waals surface area contributed by atoms with Crippen LogP contribution in [0, 0.1) is 5.82 Å². The first-order chi connectivity index (χ1) is 16.9. The zero-order valence-electron chi connectivity index (χ0n) is 19.7. The monoisotopic (exact) mass is 475 g/mol. The zero-order valence-corrected chi connectivity index (χ0v) is 19.7. The van der Waals surface area contributed by atoms with Crippen molar-refractivity contribution in [3.05, 3.63) is 95.3 Å². The molecule has 0 heterocycles. The zero-order chi connectivity index (χ0) is 24.8.